The summed E-state index contributed by atoms with van der Waals surface area (Å²) in [5.41, 5.74) is 5.26. The molecule has 222 valence electrons. The second-order valence-electron chi connectivity index (χ2n) is 9.67. The van der Waals surface area contributed by atoms with Gasteiger partial charge in [-0.05, 0) is 55.7 Å². The number of hydrogen-bond donors (Lipinski definition) is 3. The Morgan fingerprint density at radius 2 is 1.76 bits per heavy atom. The highest BCUT2D eigenvalue weighted by atomic mass is 19.4. The first kappa shape index (κ1) is 29.9. The number of alkyl halides is 3. The molecule has 0 atom stereocenters. The highest BCUT2D eigenvalue weighted by molar-refractivity contribution is 5.92. The molecule has 0 aliphatic carbocycles. The number of aryl methyl sites for hydroxylation is 1. The van der Waals surface area contributed by atoms with Crippen molar-refractivity contribution in [3.05, 3.63) is 54.0 Å². The fourth-order valence-electron chi connectivity index (χ4n) is 4.52. The van der Waals surface area contributed by atoms with E-state index in [-0.39, 0.29) is 24.1 Å². The number of hydrazine groups is 2. The van der Waals surface area contributed by atoms with Gasteiger partial charge in [0.05, 0.1) is 12.2 Å². The summed E-state index contributed by atoms with van der Waals surface area (Å²) in [4.78, 5) is 28.4. The predicted molar refractivity (Wildman–Crippen MR) is 145 cm³/mol. The first-order chi connectivity index (χ1) is 19.6. The number of anilines is 2. The summed E-state index contributed by atoms with van der Waals surface area (Å²) in [6, 6.07) is 9.36. The Bertz CT molecular complexity index is 1200. The lowest BCUT2D eigenvalue weighted by atomic mass is 10.2. The number of aromatic nitrogens is 2. The molecule has 0 saturated carbocycles. The van der Waals surface area contributed by atoms with Gasteiger partial charge in [0.2, 0.25) is 5.91 Å². The lowest BCUT2D eigenvalue weighted by molar-refractivity contribution is -0.274. The third kappa shape index (κ3) is 8.94. The maximum Gasteiger partial charge on any atom is 0.573 e. The third-order valence-electron chi connectivity index (χ3n) is 6.62. The number of piperazine rings is 1. The van der Waals surface area contributed by atoms with Gasteiger partial charge in [0.1, 0.15) is 11.4 Å². The summed E-state index contributed by atoms with van der Waals surface area (Å²) < 4.78 is 41.0. The zero-order chi connectivity index (χ0) is 29.4. The van der Waals surface area contributed by atoms with Gasteiger partial charge in [-0.15, -0.1) is 23.8 Å². The van der Waals surface area contributed by atoms with E-state index in [1.54, 1.807) is 43.5 Å². The molecule has 2 aliphatic heterocycles. The second kappa shape index (κ2) is 13.5. The number of benzene rings is 1. The molecule has 0 spiro atoms. The highest BCUT2D eigenvalue weighted by Crippen LogP contribution is 2.26. The summed E-state index contributed by atoms with van der Waals surface area (Å²) in [5.74, 6) is -0.221. The monoisotopic (exact) mass is 577 g/mol. The molecule has 41 heavy (non-hydrogen) atoms. The molecule has 0 unspecified atom stereocenters. The smallest absolute Gasteiger partial charge is 0.406 e. The fourth-order valence-corrected chi connectivity index (χ4v) is 4.52. The van der Waals surface area contributed by atoms with E-state index in [2.05, 4.69) is 36.0 Å². The van der Waals surface area contributed by atoms with Crippen molar-refractivity contribution in [3.8, 4) is 5.75 Å². The number of nitrogens with zero attached hydrogens (tertiary/aromatic N) is 6. The van der Waals surface area contributed by atoms with Crippen molar-refractivity contribution in [1.29, 1.82) is 0 Å². The molecular weight excluding hydrogens is 543 g/mol. The van der Waals surface area contributed by atoms with Gasteiger partial charge >= 0.3 is 6.36 Å². The van der Waals surface area contributed by atoms with Crippen molar-refractivity contribution in [2.45, 2.75) is 25.6 Å². The van der Waals surface area contributed by atoms with Gasteiger partial charge in [-0.2, -0.15) is 5.10 Å². The van der Waals surface area contributed by atoms with Crippen LogP contribution in [-0.2, 0) is 16.0 Å². The SMILES string of the molecule is CNC(=O)C1=CN(CCCCc2ccc(NC(=O)CN3CCN(c4ccc(OC(F)(F)F)cc4)CC3)nn2)NN1C. The van der Waals surface area contributed by atoms with Crippen LogP contribution in [-0.4, -0.2) is 96.7 Å². The molecule has 1 saturated heterocycles. The van der Waals surface area contributed by atoms with Crippen molar-refractivity contribution in [3.63, 3.8) is 0 Å². The minimum atomic E-state index is -4.72. The normalized spacial score (nSPS) is 16.0. The first-order valence-corrected chi connectivity index (χ1v) is 13.3. The van der Waals surface area contributed by atoms with Crippen molar-refractivity contribution < 1.29 is 27.5 Å². The summed E-state index contributed by atoms with van der Waals surface area (Å²) >= 11 is 0. The molecule has 3 N–H and O–H groups in total. The van der Waals surface area contributed by atoms with E-state index >= 15 is 0 Å². The van der Waals surface area contributed by atoms with Crippen LogP contribution >= 0.6 is 0 Å². The minimum Gasteiger partial charge on any atom is -0.406 e. The van der Waals surface area contributed by atoms with Crippen molar-refractivity contribution in [2.24, 2.45) is 0 Å². The molecule has 1 aromatic carbocycles. The van der Waals surface area contributed by atoms with Gasteiger partial charge in [-0.25, -0.2) is 0 Å². The molecule has 0 radical (unpaired) electrons. The number of carbonyl (C=O) groups excluding carboxylic acids is 2. The summed E-state index contributed by atoms with van der Waals surface area (Å²) in [7, 11) is 3.37. The Hall–Kier alpha value is -4.11. The van der Waals surface area contributed by atoms with Crippen molar-refractivity contribution >= 4 is 23.3 Å². The molecule has 12 nitrogen and oxygen atoms in total. The molecule has 15 heteroatoms. The van der Waals surface area contributed by atoms with Gasteiger partial charge in [0, 0.05) is 58.7 Å². The molecule has 4 rings (SSSR count). The van der Waals surface area contributed by atoms with Crippen LogP contribution < -0.4 is 25.8 Å². The van der Waals surface area contributed by atoms with Crippen LogP contribution in [0.5, 0.6) is 5.75 Å². The van der Waals surface area contributed by atoms with E-state index < -0.39 is 6.36 Å². The zero-order valence-corrected chi connectivity index (χ0v) is 22.9. The van der Waals surface area contributed by atoms with E-state index in [1.165, 1.54) is 12.1 Å². The number of ether oxygens (including phenoxy) is 1. The van der Waals surface area contributed by atoms with Crippen LogP contribution in [0.4, 0.5) is 24.7 Å². The molecular formula is C26H34F3N9O3. The lowest BCUT2D eigenvalue weighted by Crippen LogP contribution is -2.48. The van der Waals surface area contributed by atoms with Crippen LogP contribution in [0, 0.1) is 0 Å². The van der Waals surface area contributed by atoms with E-state index in [0.29, 0.717) is 37.7 Å². The molecule has 1 fully saturated rings. The van der Waals surface area contributed by atoms with E-state index in [9.17, 15) is 22.8 Å². The van der Waals surface area contributed by atoms with Gasteiger partial charge in [-0.3, -0.25) is 24.5 Å². The number of amides is 2. The number of carbonyl (C=O) groups is 2. The number of hydrogen-bond acceptors (Lipinski definition) is 10. The number of rotatable bonds is 11. The Morgan fingerprint density at radius 3 is 2.39 bits per heavy atom. The van der Waals surface area contributed by atoms with Gasteiger partial charge in [0.25, 0.3) is 5.91 Å². The zero-order valence-electron chi connectivity index (χ0n) is 22.9. The van der Waals surface area contributed by atoms with E-state index in [0.717, 1.165) is 37.2 Å². The minimum absolute atomic E-state index is 0.154. The fraction of sp³-hybridized carbons (Fsp3) is 0.462. The van der Waals surface area contributed by atoms with Crippen LogP contribution in [0.1, 0.15) is 18.5 Å². The molecule has 2 amide bonds. The highest BCUT2D eigenvalue weighted by Gasteiger charge is 2.31. The van der Waals surface area contributed by atoms with E-state index in [4.69, 9.17) is 0 Å². The quantitative estimate of drug-likeness (QED) is 0.341. The number of halogens is 3. The maximum absolute atomic E-state index is 12.5. The molecule has 0 bridgehead atoms. The molecule has 1 aromatic heterocycles. The summed E-state index contributed by atoms with van der Waals surface area (Å²) in [6.45, 7) is 3.46. The van der Waals surface area contributed by atoms with Gasteiger partial charge < -0.3 is 20.3 Å². The predicted octanol–water partition coefficient (Wildman–Crippen LogP) is 1.71. The Balaban J connectivity index is 1.13. The lowest BCUT2D eigenvalue weighted by Gasteiger charge is -2.35. The van der Waals surface area contributed by atoms with Gasteiger partial charge in [0.15, 0.2) is 5.82 Å². The standard InChI is InChI=1S/C26H34F3N9O3/c1-30-25(40)22-17-38(34-35(22)2)12-4-3-5-19-6-11-23(33-32-19)31-24(39)18-36-13-15-37(16-14-36)20-7-9-21(10-8-20)41-26(27,28)29/h6-11,17,34H,3-5,12-16,18H2,1-2H3,(H,30,40)(H,31,33,39). The summed E-state index contributed by atoms with van der Waals surface area (Å²) in [5, 5.41) is 17.3. The number of nitrogens with one attached hydrogen (secondary N) is 3. The summed E-state index contributed by atoms with van der Waals surface area (Å²) in [6.07, 6.45) is -0.453. The van der Waals surface area contributed by atoms with Crippen LogP contribution in [0.2, 0.25) is 0 Å². The Kier molecular flexibility index (Phi) is 9.83. The van der Waals surface area contributed by atoms with Crippen molar-refractivity contribution in [2.75, 3.05) is 63.6 Å². The largest absolute Gasteiger partial charge is 0.573 e. The average Bonchev–Trinajstić information content (AvgIpc) is 3.31. The maximum atomic E-state index is 12.5. The van der Waals surface area contributed by atoms with E-state index in [1.807, 2.05) is 16.0 Å². The Labute approximate surface area is 236 Å². The Morgan fingerprint density at radius 1 is 1.02 bits per heavy atom. The van der Waals surface area contributed by atoms with Crippen LogP contribution in [0.25, 0.3) is 0 Å². The van der Waals surface area contributed by atoms with Crippen molar-refractivity contribution in [1.82, 2.24) is 36.0 Å². The molecule has 3 heterocycles. The number of unbranched alkanes of at least 4 members (excludes halogenated alkanes) is 1. The average molecular weight is 578 g/mol. The topological polar surface area (TPSA) is 118 Å². The molecule has 2 aliphatic rings. The third-order valence-corrected chi connectivity index (χ3v) is 6.62. The van der Waals surface area contributed by atoms with Crippen LogP contribution in [0.3, 0.4) is 0 Å². The van der Waals surface area contributed by atoms with Crippen LogP contribution in [0.15, 0.2) is 48.3 Å². The number of likely N-dealkylation sites (N-methyl/N-ethyl adjacent to an activating group) is 2. The first-order valence-electron chi connectivity index (χ1n) is 13.3. The van der Waals surface area contributed by atoms with Gasteiger partial charge in [-0.1, -0.05) is 0 Å². The molecule has 2 aromatic rings. The second-order valence-corrected chi connectivity index (χ2v) is 9.67.